The summed E-state index contributed by atoms with van der Waals surface area (Å²) < 4.78 is 1.75. The van der Waals surface area contributed by atoms with Gasteiger partial charge in [0.2, 0.25) is 0 Å². The van der Waals surface area contributed by atoms with E-state index in [2.05, 4.69) is 10.1 Å². The van der Waals surface area contributed by atoms with Gasteiger partial charge in [0.25, 0.3) is 0 Å². The summed E-state index contributed by atoms with van der Waals surface area (Å²) in [5, 5.41) is 5.20. The van der Waals surface area contributed by atoms with Gasteiger partial charge in [-0.15, -0.1) is 5.10 Å². The van der Waals surface area contributed by atoms with Gasteiger partial charge in [0, 0.05) is 5.92 Å². The Hall–Kier alpha value is -1.09. The molecule has 0 aromatic carbocycles. The maximum Gasteiger partial charge on any atom is 0.157 e. The molecule has 3 nitrogen and oxygen atoms in total. The van der Waals surface area contributed by atoms with Crippen LogP contribution in [-0.2, 0) is 0 Å². The highest BCUT2D eigenvalue weighted by Gasteiger charge is 2.20. The number of hydrogen-bond donors (Lipinski definition) is 0. The zero-order valence-corrected chi connectivity index (χ0v) is 10.7. The Morgan fingerprint density at radius 2 is 2.00 bits per heavy atom. The molecule has 0 aliphatic heterocycles. The quantitative estimate of drug-likeness (QED) is 0.721. The largest absolute Gasteiger partial charge is 0.212 e. The molecule has 2 heterocycles. The van der Waals surface area contributed by atoms with Gasteiger partial charge in [0.05, 0.1) is 0 Å². The van der Waals surface area contributed by atoms with Crippen molar-refractivity contribution in [3.05, 3.63) is 28.7 Å². The molecule has 2 aromatic heterocycles. The zero-order chi connectivity index (χ0) is 11.8. The van der Waals surface area contributed by atoms with Crippen molar-refractivity contribution >= 4 is 17.2 Å². The number of halogens is 1. The smallest absolute Gasteiger partial charge is 0.157 e. The van der Waals surface area contributed by atoms with Crippen LogP contribution in [0.2, 0.25) is 5.15 Å². The lowest BCUT2D eigenvalue weighted by Crippen LogP contribution is -2.06. The molecule has 1 saturated carbocycles. The van der Waals surface area contributed by atoms with Crippen LogP contribution in [0.3, 0.4) is 0 Å². The van der Waals surface area contributed by atoms with Crippen LogP contribution >= 0.6 is 11.6 Å². The zero-order valence-electron chi connectivity index (χ0n) is 9.99. The van der Waals surface area contributed by atoms with Crippen molar-refractivity contribution in [2.45, 2.75) is 44.9 Å². The lowest BCUT2D eigenvalue weighted by molar-refractivity contribution is 0.429. The third kappa shape index (κ3) is 2.04. The number of aromatic nitrogens is 3. The highest BCUT2D eigenvalue weighted by atomic mass is 35.5. The molecule has 1 aliphatic carbocycles. The maximum atomic E-state index is 6.18. The summed E-state index contributed by atoms with van der Waals surface area (Å²) in [6.07, 6.45) is 6.38. The van der Waals surface area contributed by atoms with Gasteiger partial charge >= 0.3 is 0 Å². The Morgan fingerprint density at radius 3 is 2.76 bits per heavy atom. The molecule has 0 bridgehead atoms. The highest BCUT2D eigenvalue weighted by molar-refractivity contribution is 6.29. The second kappa shape index (κ2) is 4.30. The van der Waals surface area contributed by atoms with Crippen LogP contribution in [0.15, 0.2) is 12.1 Å². The van der Waals surface area contributed by atoms with Gasteiger partial charge in [-0.2, -0.15) is 0 Å². The number of pyridine rings is 1. The average Bonchev–Trinajstić information content (AvgIpc) is 2.74. The monoisotopic (exact) mass is 249 g/mol. The molecule has 1 aliphatic rings. The molecule has 1 fully saturated rings. The Bertz CT molecular complexity index is 541. The number of nitrogens with zero attached hydrogens (tertiary/aromatic N) is 3. The van der Waals surface area contributed by atoms with E-state index in [0.29, 0.717) is 11.1 Å². The molecular formula is C13H16ClN3. The van der Waals surface area contributed by atoms with E-state index in [-0.39, 0.29) is 0 Å². The molecular weight excluding hydrogens is 234 g/mol. The van der Waals surface area contributed by atoms with Crippen molar-refractivity contribution in [1.82, 2.24) is 14.6 Å². The summed E-state index contributed by atoms with van der Waals surface area (Å²) in [4.78, 5) is 4.63. The summed E-state index contributed by atoms with van der Waals surface area (Å²) in [6, 6.07) is 3.96. The molecule has 0 radical (unpaired) electrons. The number of rotatable bonds is 1. The lowest BCUT2D eigenvalue weighted by atomic mass is 9.89. The number of hydrogen-bond acceptors (Lipinski definition) is 2. The van der Waals surface area contributed by atoms with Gasteiger partial charge < -0.3 is 0 Å². The first kappa shape index (κ1) is 11.0. The Morgan fingerprint density at radius 1 is 1.24 bits per heavy atom. The van der Waals surface area contributed by atoms with Gasteiger partial charge in [-0.05, 0) is 37.5 Å². The summed E-state index contributed by atoms with van der Waals surface area (Å²) in [7, 11) is 0. The molecule has 3 rings (SSSR count). The van der Waals surface area contributed by atoms with E-state index in [1.165, 1.54) is 32.1 Å². The van der Waals surface area contributed by atoms with Gasteiger partial charge in [-0.25, -0.2) is 9.50 Å². The van der Waals surface area contributed by atoms with Crippen LogP contribution in [0.1, 0.15) is 49.4 Å². The summed E-state index contributed by atoms with van der Waals surface area (Å²) >= 11 is 6.18. The van der Waals surface area contributed by atoms with E-state index in [1.54, 1.807) is 4.52 Å². The molecule has 0 atom stereocenters. The first-order chi connectivity index (χ1) is 8.24. The molecule has 0 unspecified atom stereocenters. The third-order valence-corrected chi connectivity index (χ3v) is 3.79. The van der Waals surface area contributed by atoms with Crippen molar-refractivity contribution in [3.8, 4) is 0 Å². The normalized spacial score (nSPS) is 17.8. The van der Waals surface area contributed by atoms with Crippen molar-refractivity contribution < 1.29 is 0 Å². The van der Waals surface area contributed by atoms with Crippen LogP contribution in [0, 0.1) is 6.92 Å². The molecule has 0 amide bonds. The summed E-state index contributed by atoms with van der Waals surface area (Å²) in [6.45, 7) is 2.03. The van der Waals surface area contributed by atoms with E-state index in [4.69, 9.17) is 11.6 Å². The standard InChI is InChI=1S/C13H16ClN3/c1-9-7-11(14)17-12(8-9)15-13(16-17)10-5-3-2-4-6-10/h7-8,10H,2-6H2,1H3. The molecule has 0 N–H and O–H groups in total. The molecule has 90 valence electrons. The Labute approximate surface area is 106 Å². The van der Waals surface area contributed by atoms with Gasteiger partial charge in [0.15, 0.2) is 11.5 Å². The van der Waals surface area contributed by atoms with Crippen LogP contribution in [0.5, 0.6) is 0 Å². The predicted molar refractivity (Wildman–Crippen MR) is 68.6 cm³/mol. The van der Waals surface area contributed by atoms with Crippen LogP contribution in [0.25, 0.3) is 5.65 Å². The van der Waals surface area contributed by atoms with E-state index < -0.39 is 0 Å². The first-order valence-corrected chi connectivity index (χ1v) is 6.64. The van der Waals surface area contributed by atoms with E-state index in [0.717, 1.165) is 17.0 Å². The minimum Gasteiger partial charge on any atom is -0.212 e. The fourth-order valence-corrected chi connectivity index (χ4v) is 2.92. The van der Waals surface area contributed by atoms with Crippen molar-refractivity contribution in [2.24, 2.45) is 0 Å². The lowest BCUT2D eigenvalue weighted by Gasteiger charge is -2.17. The second-order valence-electron chi connectivity index (χ2n) is 4.93. The third-order valence-electron chi connectivity index (χ3n) is 3.52. The maximum absolute atomic E-state index is 6.18. The molecule has 2 aromatic rings. The molecule has 4 heteroatoms. The van der Waals surface area contributed by atoms with Gasteiger partial charge in [0.1, 0.15) is 5.15 Å². The van der Waals surface area contributed by atoms with Crippen molar-refractivity contribution in [3.63, 3.8) is 0 Å². The number of aryl methyl sites for hydroxylation is 1. The number of fused-ring (bicyclic) bond motifs is 1. The topological polar surface area (TPSA) is 30.2 Å². The minimum absolute atomic E-state index is 0.528. The van der Waals surface area contributed by atoms with Crippen LogP contribution in [0.4, 0.5) is 0 Å². The Balaban J connectivity index is 2.03. The minimum atomic E-state index is 0.528. The summed E-state index contributed by atoms with van der Waals surface area (Å²) in [5.74, 6) is 1.50. The fraction of sp³-hybridized carbons (Fsp3) is 0.538. The van der Waals surface area contributed by atoms with E-state index in [1.807, 2.05) is 19.1 Å². The Kier molecular flexibility index (Phi) is 2.79. The molecule has 0 spiro atoms. The van der Waals surface area contributed by atoms with Gasteiger partial charge in [-0.1, -0.05) is 30.9 Å². The summed E-state index contributed by atoms with van der Waals surface area (Å²) in [5.41, 5.74) is 2.00. The van der Waals surface area contributed by atoms with Gasteiger partial charge in [-0.3, -0.25) is 0 Å². The predicted octanol–water partition coefficient (Wildman–Crippen LogP) is 3.74. The average molecular weight is 250 g/mol. The molecule has 0 saturated heterocycles. The highest BCUT2D eigenvalue weighted by Crippen LogP contribution is 2.31. The molecule has 17 heavy (non-hydrogen) atoms. The van der Waals surface area contributed by atoms with E-state index in [9.17, 15) is 0 Å². The fourth-order valence-electron chi connectivity index (χ4n) is 2.62. The van der Waals surface area contributed by atoms with Crippen molar-refractivity contribution in [2.75, 3.05) is 0 Å². The van der Waals surface area contributed by atoms with Crippen LogP contribution in [-0.4, -0.2) is 14.6 Å². The van der Waals surface area contributed by atoms with Crippen LogP contribution < -0.4 is 0 Å². The van der Waals surface area contributed by atoms with E-state index >= 15 is 0 Å². The first-order valence-electron chi connectivity index (χ1n) is 6.27. The SMILES string of the molecule is Cc1cc(Cl)n2nc(C3CCCCC3)nc2c1. The van der Waals surface area contributed by atoms with Crippen molar-refractivity contribution in [1.29, 1.82) is 0 Å². The second-order valence-corrected chi connectivity index (χ2v) is 5.32.